The van der Waals surface area contributed by atoms with Crippen LogP contribution in [-0.2, 0) is 0 Å². The highest BCUT2D eigenvalue weighted by atomic mass is 19.1. The largest absolute Gasteiger partial charge is 0.298 e. The molecule has 17 heavy (non-hydrogen) atoms. The van der Waals surface area contributed by atoms with Crippen LogP contribution in [0.2, 0.25) is 0 Å². The summed E-state index contributed by atoms with van der Waals surface area (Å²) in [5.74, 6) is -0.473. The molecule has 0 amide bonds. The summed E-state index contributed by atoms with van der Waals surface area (Å²) in [7, 11) is 0. The standard InChI is InChI=1S/C14H9FO2/c15-12-5-6-14(11(7-12)9-17)13-4-2-1-3-10(13)8-16/h1-9H. The van der Waals surface area contributed by atoms with Gasteiger partial charge in [0, 0.05) is 11.1 Å². The highest BCUT2D eigenvalue weighted by Gasteiger charge is 2.09. The molecule has 3 heteroatoms. The first-order valence-electron chi connectivity index (χ1n) is 5.05. The third kappa shape index (κ3) is 2.13. The molecule has 0 aliphatic rings. The van der Waals surface area contributed by atoms with E-state index in [4.69, 9.17) is 0 Å². The average Bonchev–Trinajstić information content (AvgIpc) is 2.38. The molecule has 0 radical (unpaired) electrons. The number of hydrogen-bond donors (Lipinski definition) is 0. The van der Waals surface area contributed by atoms with Crippen molar-refractivity contribution in [2.24, 2.45) is 0 Å². The lowest BCUT2D eigenvalue weighted by atomic mass is 9.96. The maximum Gasteiger partial charge on any atom is 0.150 e. The lowest BCUT2D eigenvalue weighted by Gasteiger charge is -2.07. The van der Waals surface area contributed by atoms with Crippen molar-refractivity contribution < 1.29 is 14.0 Å². The van der Waals surface area contributed by atoms with Crippen molar-refractivity contribution in [3.63, 3.8) is 0 Å². The number of carbonyl (C=O) groups excluding carboxylic acids is 2. The Morgan fingerprint density at radius 3 is 2.18 bits per heavy atom. The van der Waals surface area contributed by atoms with Crippen molar-refractivity contribution in [3.05, 3.63) is 59.4 Å². The van der Waals surface area contributed by atoms with Crippen LogP contribution in [-0.4, -0.2) is 12.6 Å². The van der Waals surface area contributed by atoms with Crippen LogP contribution in [0, 0.1) is 5.82 Å². The molecule has 0 fully saturated rings. The van der Waals surface area contributed by atoms with Gasteiger partial charge in [-0.1, -0.05) is 30.3 Å². The van der Waals surface area contributed by atoms with Crippen LogP contribution in [0.4, 0.5) is 4.39 Å². The summed E-state index contributed by atoms with van der Waals surface area (Å²) in [4.78, 5) is 21.8. The number of benzene rings is 2. The Morgan fingerprint density at radius 2 is 1.47 bits per heavy atom. The minimum atomic E-state index is -0.473. The maximum atomic E-state index is 13.0. The van der Waals surface area contributed by atoms with Crippen LogP contribution >= 0.6 is 0 Å². The van der Waals surface area contributed by atoms with Crippen molar-refractivity contribution in [1.82, 2.24) is 0 Å². The molecule has 2 aromatic rings. The summed E-state index contributed by atoms with van der Waals surface area (Å²) in [6, 6.07) is 10.8. The molecule has 0 atom stereocenters. The molecule has 2 rings (SSSR count). The normalized spacial score (nSPS) is 9.94. The summed E-state index contributed by atoms with van der Waals surface area (Å²) >= 11 is 0. The molecule has 0 unspecified atom stereocenters. The van der Waals surface area contributed by atoms with Gasteiger partial charge >= 0.3 is 0 Å². The van der Waals surface area contributed by atoms with Gasteiger partial charge in [-0.25, -0.2) is 4.39 Å². The van der Waals surface area contributed by atoms with E-state index >= 15 is 0 Å². The van der Waals surface area contributed by atoms with Crippen molar-refractivity contribution >= 4 is 12.6 Å². The van der Waals surface area contributed by atoms with E-state index in [1.54, 1.807) is 24.3 Å². The Balaban J connectivity index is 2.67. The molecule has 0 saturated carbocycles. The fourth-order valence-corrected chi connectivity index (χ4v) is 1.72. The molecule has 0 N–H and O–H groups in total. The Bertz CT molecular complexity index is 576. The predicted octanol–water partition coefficient (Wildman–Crippen LogP) is 3.12. The lowest BCUT2D eigenvalue weighted by molar-refractivity contribution is 0.111. The minimum absolute atomic E-state index is 0.235. The predicted molar refractivity (Wildman–Crippen MR) is 62.6 cm³/mol. The van der Waals surface area contributed by atoms with Crippen LogP contribution in [0.5, 0.6) is 0 Å². The molecule has 0 saturated heterocycles. The second-order valence-electron chi connectivity index (χ2n) is 3.55. The van der Waals surface area contributed by atoms with E-state index in [1.165, 1.54) is 12.1 Å². The molecule has 84 valence electrons. The molecule has 0 bridgehead atoms. The Morgan fingerprint density at radius 1 is 0.824 bits per heavy atom. The highest BCUT2D eigenvalue weighted by Crippen LogP contribution is 2.26. The molecule has 2 nitrogen and oxygen atoms in total. The Hall–Kier alpha value is -2.29. The van der Waals surface area contributed by atoms with E-state index in [0.29, 0.717) is 29.3 Å². The van der Waals surface area contributed by atoms with Crippen molar-refractivity contribution in [3.8, 4) is 11.1 Å². The van der Waals surface area contributed by atoms with Crippen LogP contribution in [0.3, 0.4) is 0 Å². The lowest BCUT2D eigenvalue weighted by Crippen LogP contribution is -1.93. The van der Waals surface area contributed by atoms with Crippen LogP contribution < -0.4 is 0 Å². The zero-order chi connectivity index (χ0) is 12.3. The fourth-order valence-electron chi connectivity index (χ4n) is 1.72. The maximum absolute atomic E-state index is 13.0. The zero-order valence-electron chi connectivity index (χ0n) is 8.89. The van der Waals surface area contributed by atoms with Gasteiger partial charge in [-0.15, -0.1) is 0 Å². The Labute approximate surface area is 97.7 Å². The van der Waals surface area contributed by atoms with E-state index in [0.717, 1.165) is 6.07 Å². The van der Waals surface area contributed by atoms with Crippen molar-refractivity contribution in [2.45, 2.75) is 0 Å². The first-order valence-corrected chi connectivity index (χ1v) is 5.05. The SMILES string of the molecule is O=Cc1ccccc1-c1ccc(F)cc1C=O. The van der Waals surface area contributed by atoms with Crippen molar-refractivity contribution in [1.29, 1.82) is 0 Å². The van der Waals surface area contributed by atoms with Crippen LogP contribution in [0.1, 0.15) is 20.7 Å². The van der Waals surface area contributed by atoms with Gasteiger partial charge < -0.3 is 0 Å². The molecular weight excluding hydrogens is 219 g/mol. The second kappa shape index (κ2) is 4.70. The quantitative estimate of drug-likeness (QED) is 0.756. The first kappa shape index (κ1) is 11.2. The third-order valence-corrected chi connectivity index (χ3v) is 2.52. The molecule has 0 aromatic heterocycles. The topological polar surface area (TPSA) is 34.1 Å². The van der Waals surface area contributed by atoms with Crippen LogP contribution in [0.25, 0.3) is 11.1 Å². The van der Waals surface area contributed by atoms with Gasteiger partial charge in [0.1, 0.15) is 5.82 Å². The van der Waals surface area contributed by atoms with Gasteiger partial charge in [-0.3, -0.25) is 9.59 Å². The van der Waals surface area contributed by atoms with Gasteiger partial charge in [0.15, 0.2) is 12.6 Å². The summed E-state index contributed by atoms with van der Waals surface area (Å²) in [6.45, 7) is 0. The number of aldehydes is 2. The molecular formula is C14H9FO2. The smallest absolute Gasteiger partial charge is 0.150 e. The number of carbonyl (C=O) groups is 2. The third-order valence-electron chi connectivity index (χ3n) is 2.52. The number of rotatable bonds is 3. The minimum Gasteiger partial charge on any atom is -0.298 e. The van der Waals surface area contributed by atoms with E-state index in [-0.39, 0.29) is 5.56 Å². The summed E-state index contributed by atoms with van der Waals surface area (Å²) < 4.78 is 13.0. The van der Waals surface area contributed by atoms with Gasteiger partial charge in [-0.05, 0) is 23.3 Å². The summed E-state index contributed by atoms with van der Waals surface area (Å²) in [6.07, 6.45) is 1.30. The molecule has 0 heterocycles. The fraction of sp³-hybridized carbons (Fsp3) is 0. The highest BCUT2D eigenvalue weighted by molar-refractivity contribution is 5.94. The number of halogens is 1. The van der Waals surface area contributed by atoms with E-state index in [2.05, 4.69) is 0 Å². The second-order valence-corrected chi connectivity index (χ2v) is 3.55. The van der Waals surface area contributed by atoms with Gasteiger partial charge in [0.05, 0.1) is 0 Å². The van der Waals surface area contributed by atoms with Gasteiger partial charge in [-0.2, -0.15) is 0 Å². The van der Waals surface area contributed by atoms with E-state index < -0.39 is 5.82 Å². The summed E-state index contributed by atoms with van der Waals surface area (Å²) in [5.41, 5.74) is 1.90. The molecule has 0 aliphatic heterocycles. The van der Waals surface area contributed by atoms with Crippen molar-refractivity contribution in [2.75, 3.05) is 0 Å². The first-order chi connectivity index (χ1) is 8.26. The Kier molecular flexibility index (Phi) is 3.10. The zero-order valence-corrected chi connectivity index (χ0v) is 8.89. The molecule has 2 aromatic carbocycles. The monoisotopic (exact) mass is 228 g/mol. The summed E-state index contributed by atoms with van der Waals surface area (Å²) in [5, 5.41) is 0. The van der Waals surface area contributed by atoms with Crippen LogP contribution in [0.15, 0.2) is 42.5 Å². The van der Waals surface area contributed by atoms with Gasteiger partial charge in [0.2, 0.25) is 0 Å². The average molecular weight is 228 g/mol. The number of hydrogen-bond acceptors (Lipinski definition) is 2. The van der Waals surface area contributed by atoms with E-state index in [9.17, 15) is 14.0 Å². The molecule has 0 spiro atoms. The molecule has 0 aliphatic carbocycles. The van der Waals surface area contributed by atoms with E-state index in [1.807, 2.05) is 0 Å². The van der Waals surface area contributed by atoms with Gasteiger partial charge in [0.25, 0.3) is 0 Å².